The van der Waals surface area contributed by atoms with Gasteiger partial charge in [0.1, 0.15) is 5.75 Å². The van der Waals surface area contributed by atoms with Crippen LogP contribution in [0.3, 0.4) is 0 Å². The molecule has 1 aromatic carbocycles. The van der Waals surface area contributed by atoms with Crippen LogP contribution in [-0.2, 0) is 6.54 Å². The number of hydrogen-bond acceptors (Lipinski definition) is 3. The molecule has 2 rings (SSSR count). The number of hydrogen-bond donors (Lipinski definition) is 2. The predicted octanol–water partition coefficient (Wildman–Crippen LogP) is 4.05. The topological polar surface area (TPSA) is 50.1 Å². The highest BCUT2D eigenvalue weighted by Crippen LogP contribution is 2.29. The number of aromatic nitrogens is 2. The molecule has 0 fully saturated rings. The number of halogens is 1. The molecule has 0 aliphatic rings. The van der Waals surface area contributed by atoms with Gasteiger partial charge in [-0.25, -0.2) is 0 Å². The van der Waals surface area contributed by atoms with E-state index >= 15 is 0 Å². The minimum Gasteiger partial charge on any atom is -0.506 e. The van der Waals surface area contributed by atoms with E-state index in [0.29, 0.717) is 5.02 Å². The molecule has 0 saturated carbocycles. The van der Waals surface area contributed by atoms with Crippen LogP contribution in [-0.4, -0.2) is 14.9 Å². The average Bonchev–Trinajstić information content (AvgIpc) is 2.68. The Hall–Kier alpha value is -1.68. The highest BCUT2D eigenvalue weighted by molar-refractivity contribution is 6.32. The molecule has 1 unspecified atom stereocenters. The molecule has 0 aliphatic carbocycles. The molecule has 0 aliphatic heterocycles. The van der Waals surface area contributed by atoms with Crippen LogP contribution in [0.4, 0.5) is 5.69 Å². The summed E-state index contributed by atoms with van der Waals surface area (Å²) >= 11 is 5.93. The number of aromatic hydroxyl groups is 1. The SMILES string of the molecule is CCn1nc(C)c(C(C)Nc2ccc(O)c(Cl)c2)c1C. The summed E-state index contributed by atoms with van der Waals surface area (Å²) < 4.78 is 2.01. The molecule has 0 saturated heterocycles. The van der Waals surface area contributed by atoms with Gasteiger partial charge >= 0.3 is 0 Å². The summed E-state index contributed by atoms with van der Waals surface area (Å²) in [4.78, 5) is 0. The van der Waals surface area contributed by atoms with Crippen molar-refractivity contribution in [1.29, 1.82) is 0 Å². The highest BCUT2D eigenvalue weighted by Gasteiger charge is 2.17. The summed E-state index contributed by atoms with van der Waals surface area (Å²) in [5, 5.41) is 17.7. The van der Waals surface area contributed by atoms with E-state index in [0.717, 1.165) is 17.9 Å². The van der Waals surface area contributed by atoms with Crippen molar-refractivity contribution >= 4 is 17.3 Å². The Balaban J connectivity index is 2.25. The van der Waals surface area contributed by atoms with Crippen molar-refractivity contribution in [3.05, 3.63) is 40.2 Å². The first-order chi connectivity index (χ1) is 9.43. The summed E-state index contributed by atoms with van der Waals surface area (Å²) in [6.07, 6.45) is 0. The Labute approximate surface area is 124 Å². The molecular formula is C15H20ClN3O. The molecule has 108 valence electrons. The summed E-state index contributed by atoms with van der Waals surface area (Å²) in [5.41, 5.74) is 4.29. The predicted molar refractivity (Wildman–Crippen MR) is 82.5 cm³/mol. The van der Waals surface area contributed by atoms with E-state index in [2.05, 4.69) is 31.2 Å². The van der Waals surface area contributed by atoms with Crippen molar-refractivity contribution in [2.24, 2.45) is 0 Å². The van der Waals surface area contributed by atoms with Crippen LogP contribution in [0.15, 0.2) is 18.2 Å². The van der Waals surface area contributed by atoms with Gasteiger partial charge in [0.05, 0.1) is 16.8 Å². The number of nitrogens with zero attached hydrogens (tertiary/aromatic N) is 2. The Kier molecular flexibility index (Phi) is 4.23. The van der Waals surface area contributed by atoms with Gasteiger partial charge in [-0.05, 0) is 45.9 Å². The lowest BCUT2D eigenvalue weighted by molar-refractivity contribution is 0.475. The summed E-state index contributed by atoms with van der Waals surface area (Å²) in [6.45, 7) is 9.15. The number of rotatable bonds is 4. The van der Waals surface area contributed by atoms with Gasteiger partial charge in [0.25, 0.3) is 0 Å². The number of phenolic OH excluding ortho intramolecular Hbond substituents is 1. The Morgan fingerprint density at radius 3 is 2.65 bits per heavy atom. The zero-order valence-corrected chi connectivity index (χ0v) is 13.0. The van der Waals surface area contributed by atoms with Gasteiger partial charge in [-0.2, -0.15) is 5.10 Å². The number of benzene rings is 1. The second-order valence-electron chi connectivity index (χ2n) is 4.93. The Bertz CT molecular complexity index is 622. The monoisotopic (exact) mass is 293 g/mol. The van der Waals surface area contributed by atoms with Crippen molar-refractivity contribution in [3.63, 3.8) is 0 Å². The summed E-state index contributed by atoms with van der Waals surface area (Å²) in [5.74, 6) is 0.0935. The number of aryl methyl sites for hydroxylation is 2. The molecule has 0 bridgehead atoms. The lowest BCUT2D eigenvalue weighted by Gasteiger charge is -2.16. The third-order valence-electron chi connectivity index (χ3n) is 3.50. The zero-order valence-electron chi connectivity index (χ0n) is 12.2. The van der Waals surface area contributed by atoms with Crippen LogP contribution in [0.25, 0.3) is 0 Å². The van der Waals surface area contributed by atoms with Gasteiger partial charge in [0, 0.05) is 23.5 Å². The molecule has 1 heterocycles. The molecule has 2 N–H and O–H groups in total. The first kappa shape index (κ1) is 14.7. The van der Waals surface area contributed by atoms with E-state index in [1.165, 1.54) is 11.3 Å². The van der Waals surface area contributed by atoms with Crippen LogP contribution in [0.1, 0.15) is 36.8 Å². The fraction of sp³-hybridized carbons (Fsp3) is 0.400. The fourth-order valence-electron chi connectivity index (χ4n) is 2.56. The van der Waals surface area contributed by atoms with Gasteiger partial charge in [-0.3, -0.25) is 4.68 Å². The molecule has 2 aromatic rings. The minimum absolute atomic E-state index is 0.0935. The van der Waals surface area contributed by atoms with E-state index in [1.807, 2.05) is 17.7 Å². The van der Waals surface area contributed by atoms with Crippen LogP contribution in [0.2, 0.25) is 5.02 Å². The average molecular weight is 294 g/mol. The van der Waals surface area contributed by atoms with Crippen LogP contribution in [0, 0.1) is 13.8 Å². The third-order valence-corrected chi connectivity index (χ3v) is 3.80. The standard InChI is InChI=1S/C15H20ClN3O/c1-5-19-11(4)15(10(3)18-19)9(2)17-12-6-7-14(20)13(16)8-12/h6-9,17,20H,5H2,1-4H3. The lowest BCUT2D eigenvalue weighted by Crippen LogP contribution is -2.09. The molecule has 0 radical (unpaired) electrons. The van der Waals surface area contributed by atoms with Crippen molar-refractivity contribution in [3.8, 4) is 5.75 Å². The van der Waals surface area contributed by atoms with Gasteiger partial charge < -0.3 is 10.4 Å². The minimum atomic E-state index is 0.0935. The molecule has 1 atom stereocenters. The highest BCUT2D eigenvalue weighted by atomic mass is 35.5. The Morgan fingerprint density at radius 1 is 1.40 bits per heavy atom. The van der Waals surface area contributed by atoms with Gasteiger partial charge in [0.2, 0.25) is 0 Å². The van der Waals surface area contributed by atoms with Crippen molar-refractivity contribution in [1.82, 2.24) is 9.78 Å². The molecular weight excluding hydrogens is 274 g/mol. The fourth-order valence-corrected chi connectivity index (χ4v) is 2.74. The van der Waals surface area contributed by atoms with E-state index in [-0.39, 0.29) is 11.8 Å². The van der Waals surface area contributed by atoms with E-state index in [9.17, 15) is 5.11 Å². The number of phenols is 1. The summed E-state index contributed by atoms with van der Waals surface area (Å²) in [6, 6.07) is 5.25. The molecule has 1 aromatic heterocycles. The maximum atomic E-state index is 9.45. The lowest BCUT2D eigenvalue weighted by atomic mass is 10.1. The second-order valence-corrected chi connectivity index (χ2v) is 5.34. The van der Waals surface area contributed by atoms with E-state index < -0.39 is 0 Å². The molecule has 4 nitrogen and oxygen atoms in total. The van der Waals surface area contributed by atoms with Crippen molar-refractivity contribution < 1.29 is 5.11 Å². The van der Waals surface area contributed by atoms with Gasteiger partial charge in [-0.1, -0.05) is 11.6 Å². The number of nitrogens with one attached hydrogen (secondary N) is 1. The molecule has 20 heavy (non-hydrogen) atoms. The first-order valence-electron chi connectivity index (χ1n) is 6.73. The van der Waals surface area contributed by atoms with Gasteiger partial charge in [-0.15, -0.1) is 0 Å². The maximum Gasteiger partial charge on any atom is 0.134 e. The number of anilines is 1. The molecule has 5 heteroatoms. The van der Waals surface area contributed by atoms with Crippen LogP contribution >= 0.6 is 11.6 Å². The quantitative estimate of drug-likeness (QED) is 0.836. The van der Waals surface area contributed by atoms with Crippen molar-refractivity contribution in [2.75, 3.05) is 5.32 Å². The van der Waals surface area contributed by atoms with Crippen LogP contribution in [0.5, 0.6) is 5.75 Å². The third kappa shape index (κ3) is 2.75. The largest absolute Gasteiger partial charge is 0.506 e. The van der Waals surface area contributed by atoms with Crippen LogP contribution < -0.4 is 5.32 Å². The first-order valence-corrected chi connectivity index (χ1v) is 7.10. The second kappa shape index (κ2) is 5.75. The molecule has 0 amide bonds. The normalized spacial score (nSPS) is 12.4. The Morgan fingerprint density at radius 2 is 2.10 bits per heavy atom. The van der Waals surface area contributed by atoms with E-state index in [4.69, 9.17) is 11.6 Å². The summed E-state index contributed by atoms with van der Waals surface area (Å²) in [7, 11) is 0. The smallest absolute Gasteiger partial charge is 0.134 e. The molecule has 0 spiro atoms. The maximum absolute atomic E-state index is 9.45. The van der Waals surface area contributed by atoms with Gasteiger partial charge in [0.15, 0.2) is 0 Å². The zero-order chi connectivity index (χ0) is 14.9. The van der Waals surface area contributed by atoms with E-state index in [1.54, 1.807) is 12.1 Å². The van der Waals surface area contributed by atoms with Crippen molar-refractivity contribution in [2.45, 2.75) is 40.3 Å².